The highest BCUT2D eigenvalue weighted by molar-refractivity contribution is 5.10. The van der Waals surface area contributed by atoms with Crippen LogP contribution in [0.15, 0.2) is 6.07 Å². The summed E-state index contributed by atoms with van der Waals surface area (Å²) >= 11 is 0. The van der Waals surface area contributed by atoms with Gasteiger partial charge in [-0.05, 0) is 19.0 Å². The van der Waals surface area contributed by atoms with Gasteiger partial charge in [-0.15, -0.1) is 0 Å². The van der Waals surface area contributed by atoms with E-state index in [0.29, 0.717) is 6.61 Å². The lowest BCUT2D eigenvalue weighted by atomic mass is 10.3. The predicted octanol–water partition coefficient (Wildman–Crippen LogP) is 0.523. The van der Waals surface area contributed by atoms with Crippen molar-refractivity contribution in [3.8, 4) is 0 Å². The van der Waals surface area contributed by atoms with Crippen LogP contribution in [0.1, 0.15) is 17.8 Å². The SMILES string of the molecule is COCc1cc2n(n1)CCCNC2. The van der Waals surface area contributed by atoms with E-state index in [-0.39, 0.29) is 0 Å². The standard InChI is InChI=1S/C9H15N3O/c1-13-7-8-5-9-6-10-3-2-4-12(9)11-8/h5,10H,2-4,6-7H2,1H3. The van der Waals surface area contributed by atoms with Gasteiger partial charge in [-0.3, -0.25) is 4.68 Å². The van der Waals surface area contributed by atoms with Crippen molar-refractivity contribution in [2.75, 3.05) is 13.7 Å². The van der Waals surface area contributed by atoms with Crippen molar-refractivity contribution >= 4 is 0 Å². The molecule has 0 saturated heterocycles. The van der Waals surface area contributed by atoms with E-state index in [4.69, 9.17) is 4.74 Å². The van der Waals surface area contributed by atoms with Crippen molar-refractivity contribution < 1.29 is 4.74 Å². The minimum atomic E-state index is 0.611. The second-order valence-electron chi connectivity index (χ2n) is 3.31. The fraction of sp³-hybridized carbons (Fsp3) is 0.667. The molecule has 0 amide bonds. The summed E-state index contributed by atoms with van der Waals surface area (Å²) in [7, 11) is 1.70. The third-order valence-corrected chi connectivity index (χ3v) is 2.24. The van der Waals surface area contributed by atoms with Crippen LogP contribution in [0.4, 0.5) is 0 Å². The Kier molecular flexibility index (Phi) is 2.61. The molecule has 0 saturated carbocycles. The molecule has 0 fully saturated rings. The van der Waals surface area contributed by atoms with Crippen LogP contribution in [0.2, 0.25) is 0 Å². The molecule has 0 aromatic carbocycles. The van der Waals surface area contributed by atoms with Crippen molar-refractivity contribution in [1.29, 1.82) is 0 Å². The molecular formula is C9H15N3O. The number of methoxy groups -OCH3 is 1. The van der Waals surface area contributed by atoms with Gasteiger partial charge >= 0.3 is 0 Å². The van der Waals surface area contributed by atoms with Crippen LogP contribution in [0.3, 0.4) is 0 Å². The van der Waals surface area contributed by atoms with E-state index in [1.807, 2.05) is 0 Å². The number of aromatic nitrogens is 2. The monoisotopic (exact) mass is 181 g/mol. The zero-order valence-electron chi connectivity index (χ0n) is 7.92. The maximum atomic E-state index is 5.04. The lowest BCUT2D eigenvalue weighted by molar-refractivity contribution is 0.180. The Bertz CT molecular complexity index is 259. The first kappa shape index (κ1) is 8.72. The number of rotatable bonds is 2. The van der Waals surface area contributed by atoms with Crippen molar-refractivity contribution in [1.82, 2.24) is 15.1 Å². The Morgan fingerprint density at radius 3 is 3.46 bits per heavy atom. The number of hydrogen-bond donors (Lipinski definition) is 1. The molecule has 1 aromatic heterocycles. The molecule has 0 spiro atoms. The average molecular weight is 181 g/mol. The molecule has 1 aliphatic rings. The van der Waals surface area contributed by atoms with Crippen LogP contribution in [-0.2, 0) is 24.4 Å². The summed E-state index contributed by atoms with van der Waals surface area (Å²) in [6, 6.07) is 2.11. The Labute approximate surface area is 77.9 Å². The Morgan fingerprint density at radius 1 is 1.69 bits per heavy atom. The quantitative estimate of drug-likeness (QED) is 0.723. The highest BCUT2D eigenvalue weighted by Crippen LogP contribution is 2.08. The summed E-state index contributed by atoms with van der Waals surface area (Å²) in [4.78, 5) is 0. The number of aryl methyl sites for hydroxylation is 1. The fourth-order valence-electron chi connectivity index (χ4n) is 1.64. The lowest BCUT2D eigenvalue weighted by Gasteiger charge is -1.98. The molecule has 0 aliphatic carbocycles. The number of nitrogens with zero attached hydrogens (tertiary/aromatic N) is 2. The van der Waals surface area contributed by atoms with E-state index >= 15 is 0 Å². The Morgan fingerprint density at radius 2 is 2.62 bits per heavy atom. The summed E-state index contributed by atoms with van der Waals surface area (Å²) in [5.41, 5.74) is 2.30. The zero-order chi connectivity index (χ0) is 9.10. The topological polar surface area (TPSA) is 39.1 Å². The summed E-state index contributed by atoms with van der Waals surface area (Å²) < 4.78 is 7.12. The number of hydrogen-bond acceptors (Lipinski definition) is 3. The molecule has 72 valence electrons. The second-order valence-corrected chi connectivity index (χ2v) is 3.31. The first-order valence-electron chi connectivity index (χ1n) is 4.65. The molecule has 4 heteroatoms. The molecule has 1 N–H and O–H groups in total. The van der Waals surface area contributed by atoms with Crippen LogP contribution in [0.25, 0.3) is 0 Å². The number of nitrogens with one attached hydrogen (secondary N) is 1. The van der Waals surface area contributed by atoms with E-state index in [2.05, 4.69) is 21.2 Å². The smallest absolute Gasteiger partial charge is 0.0902 e. The maximum Gasteiger partial charge on any atom is 0.0902 e. The average Bonchev–Trinajstić information content (AvgIpc) is 2.37. The summed E-state index contributed by atoms with van der Waals surface area (Å²) in [6.45, 7) is 3.64. The van der Waals surface area contributed by atoms with E-state index in [9.17, 15) is 0 Å². The van der Waals surface area contributed by atoms with Gasteiger partial charge in [0.2, 0.25) is 0 Å². The van der Waals surface area contributed by atoms with Gasteiger partial charge in [-0.25, -0.2) is 0 Å². The van der Waals surface area contributed by atoms with Crippen LogP contribution in [0, 0.1) is 0 Å². The Hall–Kier alpha value is -0.870. The maximum absolute atomic E-state index is 5.04. The zero-order valence-corrected chi connectivity index (χ0v) is 7.92. The molecule has 13 heavy (non-hydrogen) atoms. The molecule has 1 aliphatic heterocycles. The van der Waals surface area contributed by atoms with Gasteiger partial charge in [0.25, 0.3) is 0 Å². The van der Waals surface area contributed by atoms with Gasteiger partial charge in [0.15, 0.2) is 0 Å². The third kappa shape index (κ3) is 1.89. The highest BCUT2D eigenvalue weighted by Gasteiger charge is 2.09. The number of fused-ring (bicyclic) bond motifs is 1. The van der Waals surface area contributed by atoms with Crippen LogP contribution in [-0.4, -0.2) is 23.4 Å². The minimum Gasteiger partial charge on any atom is -0.378 e. The Balaban J connectivity index is 2.17. The molecule has 0 radical (unpaired) electrons. The largest absolute Gasteiger partial charge is 0.378 e. The molecule has 0 atom stereocenters. The molecule has 1 aromatic rings. The second kappa shape index (κ2) is 3.89. The van der Waals surface area contributed by atoms with Crippen LogP contribution in [0.5, 0.6) is 0 Å². The van der Waals surface area contributed by atoms with E-state index in [1.54, 1.807) is 7.11 Å². The molecule has 2 heterocycles. The third-order valence-electron chi connectivity index (χ3n) is 2.24. The number of ether oxygens (including phenoxy) is 1. The van der Waals surface area contributed by atoms with Gasteiger partial charge in [-0.2, -0.15) is 5.10 Å². The predicted molar refractivity (Wildman–Crippen MR) is 49.3 cm³/mol. The van der Waals surface area contributed by atoms with Gasteiger partial charge in [0.05, 0.1) is 18.0 Å². The van der Waals surface area contributed by atoms with Crippen molar-refractivity contribution in [2.24, 2.45) is 0 Å². The van der Waals surface area contributed by atoms with Crippen molar-refractivity contribution in [2.45, 2.75) is 26.1 Å². The van der Waals surface area contributed by atoms with E-state index in [0.717, 1.165) is 31.7 Å². The van der Waals surface area contributed by atoms with Crippen molar-refractivity contribution in [3.05, 3.63) is 17.5 Å². The van der Waals surface area contributed by atoms with E-state index < -0.39 is 0 Å². The lowest BCUT2D eigenvalue weighted by Crippen LogP contribution is -2.11. The molecule has 0 unspecified atom stereocenters. The normalized spacial score (nSPS) is 16.7. The fourth-order valence-corrected chi connectivity index (χ4v) is 1.64. The molecule has 4 nitrogen and oxygen atoms in total. The van der Waals surface area contributed by atoms with Gasteiger partial charge in [0, 0.05) is 20.2 Å². The molecule has 2 rings (SSSR count). The highest BCUT2D eigenvalue weighted by atomic mass is 16.5. The van der Waals surface area contributed by atoms with Gasteiger partial charge in [0.1, 0.15) is 0 Å². The van der Waals surface area contributed by atoms with Crippen LogP contribution >= 0.6 is 0 Å². The van der Waals surface area contributed by atoms with E-state index in [1.165, 1.54) is 5.69 Å². The van der Waals surface area contributed by atoms with Gasteiger partial charge in [-0.1, -0.05) is 0 Å². The minimum absolute atomic E-state index is 0.611. The summed E-state index contributed by atoms with van der Waals surface area (Å²) in [5, 5.41) is 7.81. The molecular weight excluding hydrogens is 166 g/mol. The first-order valence-corrected chi connectivity index (χ1v) is 4.65. The van der Waals surface area contributed by atoms with Crippen molar-refractivity contribution in [3.63, 3.8) is 0 Å². The summed E-state index contributed by atoms with van der Waals surface area (Å²) in [6.07, 6.45) is 1.15. The first-order chi connectivity index (χ1) is 6.40. The van der Waals surface area contributed by atoms with Crippen LogP contribution < -0.4 is 5.32 Å². The molecule has 0 bridgehead atoms. The van der Waals surface area contributed by atoms with Gasteiger partial charge < -0.3 is 10.1 Å². The summed E-state index contributed by atoms with van der Waals surface area (Å²) in [5.74, 6) is 0.